The summed E-state index contributed by atoms with van der Waals surface area (Å²) < 4.78 is 10.7. The van der Waals surface area contributed by atoms with E-state index in [9.17, 15) is 0 Å². The average molecular weight is 254 g/mol. The Morgan fingerprint density at radius 2 is 2.06 bits per heavy atom. The van der Waals surface area contributed by atoms with Gasteiger partial charge in [-0.25, -0.2) is 0 Å². The van der Waals surface area contributed by atoms with Crippen molar-refractivity contribution in [1.29, 1.82) is 0 Å². The number of nitrogens with one attached hydrogen (secondary N) is 2. The fraction of sp³-hybridized carbons (Fsp3) is 0.714. The van der Waals surface area contributed by atoms with Gasteiger partial charge < -0.3 is 19.8 Å². The zero-order chi connectivity index (χ0) is 13.3. The molecule has 1 aromatic rings. The molecule has 18 heavy (non-hydrogen) atoms. The van der Waals surface area contributed by atoms with Gasteiger partial charge in [-0.2, -0.15) is 0 Å². The topological polar surface area (TPSA) is 46.4 Å². The summed E-state index contributed by atoms with van der Waals surface area (Å²) in [7, 11) is 0. The smallest absolute Gasteiger partial charge is 0.129 e. The lowest BCUT2D eigenvalue weighted by Gasteiger charge is -2.20. The summed E-state index contributed by atoms with van der Waals surface area (Å²) in [6.07, 6.45) is 2.69. The molecule has 0 aliphatic rings. The van der Waals surface area contributed by atoms with E-state index < -0.39 is 0 Å². The molecular formula is C14H26N2O2. The summed E-state index contributed by atoms with van der Waals surface area (Å²) in [5.74, 6) is 0.886. The van der Waals surface area contributed by atoms with E-state index >= 15 is 0 Å². The molecule has 0 aliphatic carbocycles. The molecule has 0 saturated heterocycles. The Balaban J connectivity index is 1.82. The molecule has 0 saturated carbocycles. The highest BCUT2D eigenvalue weighted by atomic mass is 16.5. The highest BCUT2D eigenvalue weighted by Crippen LogP contribution is 2.01. The monoisotopic (exact) mass is 254 g/mol. The van der Waals surface area contributed by atoms with Gasteiger partial charge in [-0.05, 0) is 45.9 Å². The lowest BCUT2D eigenvalue weighted by molar-refractivity contribution is 0.104. The molecule has 0 unspecified atom stereocenters. The van der Waals surface area contributed by atoms with E-state index in [1.807, 2.05) is 12.1 Å². The van der Waals surface area contributed by atoms with Gasteiger partial charge in [0.15, 0.2) is 0 Å². The molecular weight excluding hydrogens is 228 g/mol. The zero-order valence-electron chi connectivity index (χ0n) is 11.8. The minimum absolute atomic E-state index is 0.202. The molecule has 0 atom stereocenters. The first kappa shape index (κ1) is 15.2. The van der Waals surface area contributed by atoms with Crippen molar-refractivity contribution in [3.8, 4) is 0 Å². The summed E-state index contributed by atoms with van der Waals surface area (Å²) in [5, 5.41) is 6.82. The molecule has 0 bridgehead atoms. The summed E-state index contributed by atoms with van der Waals surface area (Å²) in [6.45, 7) is 10.8. The number of rotatable bonds is 9. The minimum Gasteiger partial charge on any atom is -0.467 e. The number of hydrogen-bond acceptors (Lipinski definition) is 4. The number of ether oxygens (including phenoxy) is 1. The van der Waals surface area contributed by atoms with Crippen molar-refractivity contribution in [3.63, 3.8) is 0 Å². The Morgan fingerprint density at radius 3 is 2.72 bits per heavy atom. The lowest BCUT2D eigenvalue weighted by atomic mass is 10.1. The van der Waals surface area contributed by atoms with Crippen molar-refractivity contribution in [2.75, 3.05) is 26.2 Å². The van der Waals surface area contributed by atoms with Crippen molar-refractivity contribution in [2.45, 2.75) is 39.3 Å². The summed E-state index contributed by atoms with van der Waals surface area (Å²) in [5.41, 5.74) is 0.202. The normalized spacial score (nSPS) is 11.9. The Hall–Kier alpha value is -0.840. The van der Waals surface area contributed by atoms with Crippen LogP contribution in [-0.2, 0) is 11.3 Å². The van der Waals surface area contributed by atoms with Gasteiger partial charge in [0.05, 0.1) is 6.26 Å². The minimum atomic E-state index is 0.202. The van der Waals surface area contributed by atoms with Crippen LogP contribution < -0.4 is 10.6 Å². The highest BCUT2D eigenvalue weighted by molar-refractivity contribution is 4.95. The molecule has 2 N–H and O–H groups in total. The second-order valence-corrected chi connectivity index (χ2v) is 5.41. The van der Waals surface area contributed by atoms with Crippen LogP contribution in [-0.4, -0.2) is 31.8 Å². The van der Waals surface area contributed by atoms with Gasteiger partial charge in [-0.15, -0.1) is 0 Å². The molecule has 1 aromatic heterocycles. The van der Waals surface area contributed by atoms with Gasteiger partial charge in [0.1, 0.15) is 12.4 Å². The third kappa shape index (κ3) is 8.28. The van der Waals surface area contributed by atoms with Crippen molar-refractivity contribution in [1.82, 2.24) is 10.6 Å². The SMILES string of the molecule is CC(C)(C)NCCNCCCOCc1ccco1. The van der Waals surface area contributed by atoms with Crippen LogP contribution in [0.5, 0.6) is 0 Å². The van der Waals surface area contributed by atoms with Crippen LogP contribution in [0.1, 0.15) is 33.0 Å². The largest absolute Gasteiger partial charge is 0.467 e. The molecule has 0 spiro atoms. The second kappa shape index (κ2) is 8.29. The van der Waals surface area contributed by atoms with Crippen molar-refractivity contribution < 1.29 is 9.15 Å². The molecule has 0 aromatic carbocycles. The summed E-state index contributed by atoms with van der Waals surface area (Å²) >= 11 is 0. The predicted molar refractivity (Wildman–Crippen MR) is 73.6 cm³/mol. The second-order valence-electron chi connectivity index (χ2n) is 5.41. The number of furan rings is 1. The van der Waals surface area contributed by atoms with Gasteiger partial charge in [-0.3, -0.25) is 0 Å². The molecule has 4 nitrogen and oxygen atoms in total. The fourth-order valence-corrected chi connectivity index (χ4v) is 1.52. The molecule has 104 valence electrons. The van der Waals surface area contributed by atoms with Gasteiger partial charge >= 0.3 is 0 Å². The van der Waals surface area contributed by atoms with E-state index in [1.54, 1.807) is 6.26 Å². The Bertz CT molecular complexity index is 291. The maximum Gasteiger partial charge on any atom is 0.129 e. The van der Waals surface area contributed by atoms with Crippen molar-refractivity contribution in [3.05, 3.63) is 24.2 Å². The zero-order valence-corrected chi connectivity index (χ0v) is 11.8. The molecule has 0 aliphatic heterocycles. The maximum absolute atomic E-state index is 5.49. The Kier molecular flexibility index (Phi) is 7.01. The summed E-state index contributed by atoms with van der Waals surface area (Å²) in [4.78, 5) is 0. The van der Waals surface area contributed by atoms with E-state index in [4.69, 9.17) is 9.15 Å². The molecule has 1 rings (SSSR count). The van der Waals surface area contributed by atoms with E-state index in [2.05, 4.69) is 31.4 Å². The maximum atomic E-state index is 5.49. The van der Waals surface area contributed by atoms with E-state index in [1.165, 1.54) is 0 Å². The Labute approximate surface area is 110 Å². The third-order valence-corrected chi connectivity index (χ3v) is 2.42. The van der Waals surface area contributed by atoms with Crippen molar-refractivity contribution >= 4 is 0 Å². The van der Waals surface area contributed by atoms with Gasteiger partial charge in [-0.1, -0.05) is 0 Å². The summed E-state index contributed by atoms with van der Waals surface area (Å²) in [6, 6.07) is 3.80. The van der Waals surface area contributed by atoms with Gasteiger partial charge in [0.2, 0.25) is 0 Å². The van der Waals surface area contributed by atoms with Crippen molar-refractivity contribution in [2.24, 2.45) is 0 Å². The molecule has 0 amide bonds. The first-order chi connectivity index (χ1) is 8.58. The molecule has 4 heteroatoms. The van der Waals surface area contributed by atoms with Crippen LogP contribution in [0.15, 0.2) is 22.8 Å². The first-order valence-electron chi connectivity index (χ1n) is 6.64. The van der Waals surface area contributed by atoms with Gasteiger partial charge in [0, 0.05) is 25.2 Å². The number of hydrogen-bond donors (Lipinski definition) is 2. The lowest BCUT2D eigenvalue weighted by Crippen LogP contribution is -2.40. The third-order valence-electron chi connectivity index (χ3n) is 2.42. The van der Waals surface area contributed by atoms with E-state index in [0.29, 0.717) is 6.61 Å². The van der Waals surface area contributed by atoms with Crippen LogP contribution in [0.4, 0.5) is 0 Å². The highest BCUT2D eigenvalue weighted by Gasteiger charge is 2.06. The van der Waals surface area contributed by atoms with E-state index in [-0.39, 0.29) is 5.54 Å². The van der Waals surface area contributed by atoms with Crippen LogP contribution in [0.3, 0.4) is 0 Å². The quantitative estimate of drug-likeness (QED) is 0.663. The van der Waals surface area contributed by atoms with Crippen LogP contribution in [0.2, 0.25) is 0 Å². The fourth-order valence-electron chi connectivity index (χ4n) is 1.52. The van der Waals surface area contributed by atoms with E-state index in [0.717, 1.165) is 38.4 Å². The van der Waals surface area contributed by atoms with Gasteiger partial charge in [0.25, 0.3) is 0 Å². The molecule has 0 fully saturated rings. The standard InChI is InChI=1S/C14H26N2O2/c1-14(2,3)16-9-8-15-7-5-10-17-12-13-6-4-11-18-13/h4,6,11,15-16H,5,7-10,12H2,1-3H3. The Morgan fingerprint density at radius 1 is 1.22 bits per heavy atom. The van der Waals surface area contributed by atoms with Crippen LogP contribution in [0.25, 0.3) is 0 Å². The average Bonchev–Trinajstić information content (AvgIpc) is 2.78. The van der Waals surface area contributed by atoms with Crippen LogP contribution >= 0.6 is 0 Å². The molecule has 1 heterocycles. The first-order valence-corrected chi connectivity index (χ1v) is 6.64. The molecule has 0 radical (unpaired) electrons. The van der Waals surface area contributed by atoms with Crippen LogP contribution in [0, 0.1) is 0 Å². The predicted octanol–water partition coefficient (Wildman–Crippen LogP) is 2.16.